The summed E-state index contributed by atoms with van der Waals surface area (Å²) < 4.78 is 27.8. The Bertz CT molecular complexity index is 660. The lowest BCUT2D eigenvalue weighted by Gasteiger charge is -2.15. The van der Waals surface area contributed by atoms with Gasteiger partial charge >= 0.3 is 0 Å². The first kappa shape index (κ1) is 15.7. The van der Waals surface area contributed by atoms with Crippen LogP contribution in [0.4, 0.5) is 0 Å². The first-order valence-electron chi connectivity index (χ1n) is 6.33. The second kappa shape index (κ2) is 6.36. The summed E-state index contributed by atoms with van der Waals surface area (Å²) in [4.78, 5) is 3.03. The van der Waals surface area contributed by atoms with Crippen LogP contribution in [0.3, 0.4) is 0 Å². The molecule has 0 saturated heterocycles. The molecule has 4 nitrogen and oxygen atoms in total. The minimum absolute atomic E-state index is 0.180. The van der Waals surface area contributed by atoms with E-state index in [0.717, 1.165) is 14.6 Å². The zero-order valence-electron chi connectivity index (χ0n) is 11.4. The van der Waals surface area contributed by atoms with E-state index in [9.17, 15) is 8.42 Å². The quantitative estimate of drug-likeness (QED) is 0.855. The molecule has 1 atom stereocenters. The average Bonchev–Trinajstić information content (AvgIpc) is 3.05. The van der Waals surface area contributed by atoms with Crippen LogP contribution < -0.4 is 10.5 Å². The molecule has 110 valence electrons. The molecule has 7 heteroatoms. The third kappa shape index (κ3) is 3.29. The molecule has 0 aliphatic carbocycles. The average molecular weight is 330 g/mol. The van der Waals surface area contributed by atoms with Crippen LogP contribution in [0, 0.1) is 6.92 Å². The molecule has 1 unspecified atom stereocenters. The van der Waals surface area contributed by atoms with Crippen molar-refractivity contribution in [3.8, 4) is 0 Å². The summed E-state index contributed by atoms with van der Waals surface area (Å²) in [5, 5.41) is 1.95. The Kier molecular flexibility index (Phi) is 4.98. The van der Waals surface area contributed by atoms with E-state index in [1.54, 1.807) is 17.4 Å². The van der Waals surface area contributed by atoms with E-state index >= 15 is 0 Å². The molecule has 0 spiro atoms. The highest BCUT2D eigenvalue weighted by Crippen LogP contribution is 2.28. The van der Waals surface area contributed by atoms with Crippen molar-refractivity contribution in [2.75, 3.05) is 0 Å². The van der Waals surface area contributed by atoms with Gasteiger partial charge in [0.1, 0.15) is 0 Å². The molecule has 0 aliphatic heterocycles. The van der Waals surface area contributed by atoms with E-state index in [-0.39, 0.29) is 6.04 Å². The lowest BCUT2D eigenvalue weighted by molar-refractivity contribution is 0.553. The van der Waals surface area contributed by atoms with Crippen LogP contribution in [0.15, 0.2) is 28.5 Å². The predicted molar refractivity (Wildman–Crippen MR) is 84.6 cm³/mol. The van der Waals surface area contributed by atoms with E-state index in [1.807, 2.05) is 31.4 Å². The largest absolute Gasteiger partial charge is 0.326 e. The molecule has 0 saturated carbocycles. The highest BCUT2D eigenvalue weighted by molar-refractivity contribution is 7.89. The molecule has 2 rings (SSSR count). The molecule has 20 heavy (non-hydrogen) atoms. The van der Waals surface area contributed by atoms with Crippen molar-refractivity contribution in [1.82, 2.24) is 4.72 Å². The van der Waals surface area contributed by atoms with E-state index in [0.29, 0.717) is 17.9 Å². The van der Waals surface area contributed by atoms with Crippen LogP contribution in [0.5, 0.6) is 0 Å². The van der Waals surface area contributed by atoms with Gasteiger partial charge in [0.15, 0.2) is 0 Å². The van der Waals surface area contributed by atoms with Crippen molar-refractivity contribution in [3.05, 3.63) is 38.2 Å². The summed E-state index contributed by atoms with van der Waals surface area (Å²) in [6.45, 7) is 4.15. The number of nitrogens with one attached hydrogen (secondary N) is 1. The van der Waals surface area contributed by atoms with Crippen molar-refractivity contribution in [3.63, 3.8) is 0 Å². The van der Waals surface area contributed by atoms with Crippen LogP contribution in [0.1, 0.15) is 34.0 Å². The van der Waals surface area contributed by atoms with Gasteiger partial charge in [-0.25, -0.2) is 13.1 Å². The molecule has 2 aromatic heterocycles. The summed E-state index contributed by atoms with van der Waals surface area (Å²) in [6, 6.07) is 5.37. The fourth-order valence-corrected chi connectivity index (χ4v) is 5.72. The topological polar surface area (TPSA) is 72.2 Å². The SMILES string of the molecule is CCC(NS(=O)(=O)c1cc(CN)sc1C)c1cccs1. The van der Waals surface area contributed by atoms with E-state index in [2.05, 4.69) is 4.72 Å². The third-order valence-corrected chi connectivity index (χ3v) is 6.79. The van der Waals surface area contributed by atoms with Gasteiger partial charge in [-0.2, -0.15) is 0 Å². The van der Waals surface area contributed by atoms with Crippen molar-refractivity contribution in [1.29, 1.82) is 0 Å². The maximum Gasteiger partial charge on any atom is 0.242 e. The second-order valence-corrected chi connectivity index (χ2v) is 8.44. The molecular weight excluding hydrogens is 312 g/mol. The number of sulfonamides is 1. The smallest absolute Gasteiger partial charge is 0.242 e. The molecule has 0 bridgehead atoms. The lowest BCUT2D eigenvalue weighted by Crippen LogP contribution is -2.28. The van der Waals surface area contributed by atoms with E-state index in [4.69, 9.17) is 5.73 Å². The molecule has 0 aromatic carbocycles. The Balaban J connectivity index is 2.28. The highest BCUT2D eigenvalue weighted by atomic mass is 32.2. The minimum atomic E-state index is -3.51. The van der Waals surface area contributed by atoms with Crippen molar-refractivity contribution in [2.45, 2.75) is 37.8 Å². The summed E-state index contributed by atoms with van der Waals surface area (Å²) in [6.07, 6.45) is 0.715. The van der Waals surface area contributed by atoms with Crippen molar-refractivity contribution < 1.29 is 8.42 Å². The summed E-state index contributed by atoms with van der Waals surface area (Å²) in [5.41, 5.74) is 5.58. The van der Waals surface area contributed by atoms with Gasteiger partial charge in [-0.05, 0) is 30.9 Å². The van der Waals surface area contributed by atoms with E-state index in [1.165, 1.54) is 11.3 Å². The van der Waals surface area contributed by atoms with Gasteiger partial charge in [0.05, 0.1) is 10.9 Å². The molecular formula is C13H18N2O2S3. The molecule has 0 amide bonds. The standard InChI is InChI=1S/C13H18N2O2S3/c1-3-11(12-5-4-6-18-12)15-20(16,17)13-7-10(8-14)19-9(13)2/h4-7,11,15H,3,8,14H2,1-2H3. The number of nitrogens with two attached hydrogens (primary N) is 1. The molecule has 3 N–H and O–H groups in total. The summed E-state index contributed by atoms with van der Waals surface area (Å²) in [7, 11) is -3.51. The third-order valence-electron chi connectivity index (χ3n) is 3.01. The minimum Gasteiger partial charge on any atom is -0.326 e. The monoisotopic (exact) mass is 330 g/mol. The van der Waals surface area contributed by atoms with Crippen LogP contribution in [0.25, 0.3) is 0 Å². The fourth-order valence-electron chi connectivity index (χ4n) is 1.97. The van der Waals surface area contributed by atoms with Crippen molar-refractivity contribution >= 4 is 32.7 Å². The molecule has 0 radical (unpaired) electrons. The number of aryl methyl sites for hydroxylation is 1. The predicted octanol–water partition coefficient (Wildman–Crippen LogP) is 3.01. The van der Waals surface area contributed by atoms with E-state index < -0.39 is 10.0 Å². The Hall–Kier alpha value is -0.730. The molecule has 2 aromatic rings. The van der Waals surface area contributed by atoms with Crippen LogP contribution in [-0.2, 0) is 16.6 Å². The lowest BCUT2D eigenvalue weighted by atomic mass is 10.2. The maximum atomic E-state index is 12.5. The first-order valence-corrected chi connectivity index (χ1v) is 9.51. The van der Waals surface area contributed by atoms with Gasteiger partial charge in [0.25, 0.3) is 0 Å². The Morgan fingerprint density at radius 3 is 2.70 bits per heavy atom. The van der Waals surface area contributed by atoms with Gasteiger partial charge < -0.3 is 5.73 Å². The zero-order chi connectivity index (χ0) is 14.8. The van der Waals surface area contributed by atoms with Gasteiger partial charge in [-0.15, -0.1) is 22.7 Å². The van der Waals surface area contributed by atoms with Crippen molar-refractivity contribution in [2.24, 2.45) is 5.73 Å². The van der Waals surface area contributed by atoms with Gasteiger partial charge in [0.2, 0.25) is 10.0 Å². The van der Waals surface area contributed by atoms with Crippen LogP contribution in [0.2, 0.25) is 0 Å². The molecule has 0 aliphatic rings. The van der Waals surface area contributed by atoms with Gasteiger partial charge in [-0.1, -0.05) is 13.0 Å². The Morgan fingerprint density at radius 1 is 1.45 bits per heavy atom. The Labute approximate surface area is 127 Å². The summed E-state index contributed by atoms with van der Waals surface area (Å²) in [5.74, 6) is 0. The van der Waals surface area contributed by atoms with Gasteiger partial charge in [0, 0.05) is 21.2 Å². The Morgan fingerprint density at radius 2 is 2.20 bits per heavy atom. The second-order valence-electron chi connectivity index (χ2n) is 4.43. The summed E-state index contributed by atoms with van der Waals surface area (Å²) >= 11 is 2.99. The van der Waals surface area contributed by atoms with Crippen LogP contribution >= 0.6 is 22.7 Å². The first-order chi connectivity index (χ1) is 9.47. The number of thiophene rings is 2. The van der Waals surface area contributed by atoms with Gasteiger partial charge in [-0.3, -0.25) is 0 Å². The normalized spacial score (nSPS) is 13.6. The molecule has 2 heterocycles. The molecule has 0 fully saturated rings. The number of hydrogen-bond donors (Lipinski definition) is 2. The maximum absolute atomic E-state index is 12.5. The van der Waals surface area contributed by atoms with Crippen LogP contribution in [-0.4, -0.2) is 8.42 Å². The highest BCUT2D eigenvalue weighted by Gasteiger charge is 2.24. The zero-order valence-corrected chi connectivity index (χ0v) is 13.9. The number of rotatable bonds is 6. The number of hydrogen-bond acceptors (Lipinski definition) is 5. The fraction of sp³-hybridized carbons (Fsp3) is 0.385.